The molecule has 0 radical (unpaired) electrons. The van der Waals surface area contributed by atoms with E-state index in [9.17, 15) is 13.2 Å². The van der Waals surface area contributed by atoms with E-state index in [1.165, 1.54) is 19.2 Å². The van der Waals surface area contributed by atoms with Gasteiger partial charge in [-0.25, -0.2) is 0 Å². The predicted octanol–water partition coefficient (Wildman–Crippen LogP) is 3.79. The summed E-state index contributed by atoms with van der Waals surface area (Å²) in [6.07, 6.45) is -4.84. The Labute approximate surface area is 111 Å². The van der Waals surface area contributed by atoms with Gasteiger partial charge in [-0.3, -0.25) is 0 Å². The van der Waals surface area contributed by atoms with Crippen LogP contribution in [-0.2, 0) is 4.74 Å². The summed E-state index contributed by atoms with van der Waals surface area (Å²) < 4.78 is 46.1. The van der Waals surface area contributed by atoms with Gasteiger partial charge in [0.05, 0.1) is 11.8 Å². The Morgan fingerprint density at radius 3 is 2.61 bits per heavy atom. The molecule has 0 heterocycles. The summed E-state index contributed by atoms with van der Waals surface area (Å²) >= 11 is 3.10. The zero-order valence-corrected chi connectivity index (χ0v) is 11.4. The second kappa shape index (κ2) is 6.29. The van der Waals surface area contributed by atoms with Crippen LogP contribution in [0.2, 0.25) is 0 Å². The number of hydrogen-bond donors (Lipinski definition) is 1. The van der Waals surface area contributed by atoms with Crippen molar-refractivity contribution in [3.63, 3.8) is 0 Å². The molecule has 0 saturated carbocycles. The fourth-order valence-electron chi connectivity index (χ4n) is 1.19. The topological polar surface area (TPSA) is 30.5 Å². The van der Waals surface area contributed by atoms with Crippen LogP contribution in [0.25, 0.3) is 0 Å². The lowest BCUT2D eigenvalue weighted by Gasteiger charge is -2.16. The first kappa shape index (κ1) is 15.1. The van der Waals surface area contributed by atoms with Gasteiger partial charge in [0, 0.05) is 18.1 Å². The van der Waals surface area contributed by atoms with Gasteiger partial charge in [-0.05, 0) is 25.1 Å². The summed E-state index contributed by atoms with van der Waals surface area (Å²) in [4.78, 5) is 0. The van der Waals surface area contributed by atoms with Crippen molar-refractivity contribution in [2.75, 3.05) is 19.0 Å². The van der Waals surface area contributed by atoms with Crippen LogP contribution in [0, 0.1) is 0 Å². The van der Waals surface area contributed by atoms with Gasteiger partial charge in [0.25, 0.3) is 0 Å². The van der Waals surface area contributed by atoms with Crippen molar-refractivity contribution in [3.8, 4) is 5.75 Å². The maximum atomic E-state index is 12.2. The van der Waals surface area contributed by atoms with Crippen molar-refractivity contribution in [1.29, 1.82) is 0 Å². The molecule has 0 saturated heterocycles. The smallest absolute Gasteiger partial charge is 0.404 e. The van der Waals surface area contributed by atoms with E-state index in [0.29, 0.717) is 11.0 Å². The summed E-state index contributed by atoms with van der Waals surface area (Å²) in [5.41, 5.74) is 0.263. The second-order valence-electron chi connectivity index (χ2n) is 3.62. The molecule has 0 aliphatic heterocycles. The van der Waals surface area contributed by atoms with Crippen LogP contribution in [-0.4, -0.2) is 26.1 Å². The number of alkyl halides is 3. The highest BCUT2D eigenvalue weighted by Crippen LogP contribution is 2.32. The summed E-state index contributed by atoms with van der Waals surface area (Å²) in [5, 5.41) is 2.84. The van der Waals surface area contributed by atoms with Gasteiger partial charge in [-0.1, -0.05) is 15.9 Å². The number of rotatable bonds is 5. The average molecular weight is 328 g/mol. The number of anilines is 1. The molecule has 0 amide bonds. The molecule has 18 heavy (non-hydrogen) atoms. The van der Waals surface area contributed by atoms with E-state index in [1.54, 1.807) is 13.0 Å². The molecule has 7 heteroatoms. The predicted molar refractivity (Wildman–Crippen MR) is 65.8 cm³/mol. The Balaban J connectivity index is 2.83. The number of methoxy groups -OCH3 is 1. The van der Waals surface area contributed by atoms with Gasteiger partial charge in [0.2, 0.25) is 0 Å². The third-order valence-electron chi connectivity index (χ3n) is 2.15. The highest BCUT2D eigenvalue weighted by atomic mass is 79.9. The Morgan fingerprint density at radius 1 is 1.39 bits per heavy atom. The monoisotopic (exact) mass is 327 g/mol. The quantitative estimate of drug-likeness (QED) is 0.892. The fraction of sp³-hybridized carbons (Fsp3) is 0.455. The molecule has 0 fully saturated rings. The lowest BCUT2D eigenvalue weighted by molar-refractivity contribution is -0.274. The lowest BCUT2D eigenvalue weighted by atomic mass is 10.3. The first-order chi connectivity index (χ1) is 8.31. The number of halogens is 4. The van der Waals surface area contributed by atoms with Crippen LogP contribution in [0.3, 0.4) is 0 Å². The lowest BCUT2D eigenvalue weighted by Crippen LogP contribution is -2.21. The second-order valence-corrected chi connectivity index (χ2v) is 4.53. The molecule has 1 aromatic carbocycles. The van der Waals surface area contributed by atoms with Crippen molar-refractivity contribution in [3.05, 3.63) is 22.7 Å². The Bertz CT molecular complexity index is 398. The van der Waals surface area contributed by atoms with E-state index in [2.05, 4.69) is 26.0 Å². The molecule has 1 aromatic rings. The number of hydrogen-bond acceptors (Lipinski definition) is 3. The minimum atomic E-state index is -4.72. The molecular formula is C11H13BrF3NO2. The SMILES string of the molecule is COC(C)CNc1ccc(Br)cc1OC(F)(F)F. The van der Waals surface area contributed by atoms with Gasteiger partial charge in [-0.2, -0.15) is 0 Å². The molecule has 3 nitrogen and oxygen atoms in total. The van der Waals surface area contributed by atoms with Crippen LogP contribution in [0.4, 0.5) is 18.9 Å². The van der Waals surface area contributed by atoms with E-state index < -0.39 is 6.36 Å². The maximum Gasteiger partial charge on any atom is 0.573 e. The number of benzene rings is 1. The standard InChI is InChI=1S/C11H13BrF3NO2/c1-7(17-2)6-16-9-4-3-8(12)5-10(9)18-11(13,14)15/h3-5,7,16H,6H2,1-2H3. The molecular weight excluding hydrogens is 315 g/mol. The highest BCUT2D eigenvalue weighted by Gasteiger charge is 2.32. The Kier molecular flexibility index (Phi) is 5.28. The van der Waals surface area contributed by atoms with Crippen LogP contribution in [0.1, 0.15) is 6.92 Å². The highest BCUT2D eigenvalue weighted by molar-refractivity contribution is 9.10. The third-order valence-corrected chi connectivity index (χ3v) is 2.64. The molecule has 1 N–H and O–H groups in total. The molecule has 0 aromatic heterocycles. The van der Waals surface area contributed by atoms with E-state index in [0.717, 1.165) is 0 Å². The molecule has 0 aliphatic rings. The minimum Gasteiger partial charge on any atom is -0.404 e. The van der Waals surface area contributed by atoms with E-state index in [1.807, 2.05) is 0 Å². The van der Waals surface area contributed by atoms with Crippen molar-refractivity contribution in [1.82, 2.24) is 0 Å². The fourth-order valence-corrected chi connectivity index (χ4v) is 1.53. The van der Waals surface area contributed by atoms with Crippen molar-refractivity contribution in [2.24, 2.45) is 0 Å². The van der Waals surface area contributed by atoms with Crippen LogP contribution < -0.4 is 10.1 Å². The first-order valence-corrected chi connectivity index (χ1v) is 5.93. The summed E-state index contributed by atoms with van der Waals surface area (Å²) in [6.45, 7) is 2.18. The molecule has 102 valence electrons. The summed E-state index contributed by atoms with van der Waals surface area (Å²) in [6, 6.07) is 4.39. The van der Waals surface area contributed by atoms with Gasteiger partial charge >= 0.3 is 6.36 Å². The zero-order valence-electron chi connectivity index (χ0n) is 9.84. The van der Waals surface area contributed by atoms with Gasteiger partial charge < -0.3 is 14.8 Å². The third kappa shape index (κ3) is 5.14. The van der Waals surface area contributed by atoms with E-state index in [-0.39, 0.29) is 17.5 Å². The largest absolute Gasteiger partial charge is 0.573 e. The summed E-state index contributed by atoms with van der Waals surface area (Å²) in [5.74, 6) is -0.278. The molecule has 0 bridgehead atoms. The van der Waals surface area contributed by atoms with Crippen LogP contribution in [0.5, 0.6) is 5.75 Å². The zero-order chi connectivity index (χ0) is 13.8. The van der Waals surface area contributed by atoms with Crippen LogP contribution >= 0.6 is 15.9 Å². The average Bonchev–Trinajstić information content (AvgIpc) is 2.25. The van der Waals surface area contributed by atoms with Crippen molar-refractivity contribution < 1.29 is 22.6 Å². The molecule has 1 atom stereocenters. The number of nitrogens with one attached hydrogen (secondary N) is 1. The maximum absolute atomic E-state index is 12.2. The first-order valence-electron chi connectivity index (χ1n) is 5.14. The van der Waals surface area contributed by atoms with E-state index in [4.69, 9.17) is 4.74 Å². The van der Waals surface area contributed by atoms with Crippen molar-refractivity contribution >= 4 is 21.6 Å². The minimum absolute atomic E-state index is 0.118. The molecule has 1 unspecified atom stereocenters. The van der Waals surface area contributed by atoms with Gasteiger partial charge in [0.15, 0.2) is 5.75 Å². The van der Waals surface area contributed by atoms with Gasteiger partial charge in [-0.15, -0.1) is 13.2 Å². The summed E-state index contributed by atoms with van der Waals surface area (Å²) in [7, 11) is 1.53. The molecule has 0 spiro atoms. The Morgan fingerprint density at radius 2 is 2.06 bits per heavy atom. The molecule has 1 rings (SSSR count). The molecule has 0 aliphatic carbocycles. The Hall–Kier alpha value is -0.950. The van der Waals surface area contributed by atoms with E-state index >= 15 is 0 Å². The normalized spacial score (nSPS) is 13.2. The van der Waals surface area contributed by atoms with Crippen molar-refractivity contribution in [2.45, 2.75) is 19.4 Å². The number of ether oxygens (including phenoxy) is 2. The van der Waals surface area contributed by atoms with Gasteiger partial charge in [0.1, 0.15) is 0 Å². The van der Waals surface area contributed by atoms with Crippen LogP contribution in [0.15, 0.2) is 22.7 Å².